The molecule has 0 aliphatic carbocycles. The van der Waals surface area contributed by atoms with Crippen LogP contribution in [-0.2, 0) is 28.3 Å². The highest BCUT2D eigenvalue weighted by atomic mass is 19.4. The topological polar surface area (TPSA) is 128 Å². The quantitative estimate of drug-likeness (QED) is 0.334. The number of rotatable bonds is 5. The van der Waals surface area contributed by atoms with Crippen molar-refractivity contribution in [3.8, 4) is 29.3 Å². The molecule has 0 unspecified atom stereocenters. The molecule has 5 rings (SSSR count). The predicted octanol–water partition coefficient (Wildman–Crippen LogP) is 4.44. The first-order valence-corrected chi connectivity index (χ1v) is 11.7. The molecular weight excluding hydrogens is 550 g/mol. The van der Waals surface area contributed by atoms with E-state index in [9.17, 15) is 46.8 Å². The highest BCUT2D eigenvalue weighted by Gasteiger charge is 2.71. The third kappa shape index (κ3) is 3.87. The molecule has 212 valence electrons. The number of nitriles is 1. The van der Waals surface area contributed by atoms with Crippen LogP contribution in [0.2, 0.25) is 0 Å². The van der Waals surface area contributed by atoms with E-state index in [-0.39, 0.29) is 35.6 Å². The Bertz CT molecular complexity index is 1530. The molecular formula is C26H20F6N2O6. The molecule has 1 saturated heterocycles. The molecule has 3 heterocycles. The summed E-state index contributed by atoms with van der Waals surface area (Å²) >= 11 is 0. The average Bonchev–Trinajstić information content (AvgIpc) is 3.39. The zero-order valence-electron chi connectivity index (χ0n) is 20.4. The van der Waals surface area contributed by atoms with Gasteiger partial charge >= 0.3 is 12.4 Å². The molecule has 4 N–H and O–H groups in total. The number of aromatic nitrogens is 1. The Morgan fingerprint density at radius 2 is 1.57 bits per heavy atom. The number of hydrogen-bond donors (Lipinski definition) is 4. The third-order valence-electron chi connectivity index (χ3n) is 7.39. The molecule has 2 aromatic carbocycles. The summed E-state index contributed by atoms with van der Waals surface area (Å²) in [7, 11) is 0. The monoisotopic (exact) mass is 570 g/mol. The van der Waals surface area contributed by atoms with E-state index in [4.69, 9.17) is 14.7 Å². The summed E-state index contributed by atoms with van der Waals surface area (Å²) < 4.78 is 91.3. The molecule has 0 radical (unpaired) electrons. The Hall–Kier alpha value is -3.93. The lowest BCUT2D eigenvalue weighted by molar-refractivity contribution is -0.138. The number of nitrogens with zero attached hydrogens (tertiary/aromatic N) is 2. The minimum atomic E-state index is -4.93. The smallest absolute Gasteiger partial charge is 0.417 e. The van der Waals surface area contributed by atoms with Crippen molar-refractivity contribution in [3.05, 3.63) is 70.3 Å². The third-order valence-corrected chi connectivity index (χ3v) is 7.39. The molecule has 8 nitrogen and oxygen atoms in total. The van der Waals surface area contributed by atoms with E-state index in [0.717, 1.165) is 36.4 Å². The van der Waals surface area contributed by atoms with E-state index in [2.05, 4.69) is 0 Å². The van der Waals surface area contributed by atoms with Crippen molar-refractivity contribution in [2.75, 3.05) is 6.61 Å². The largest absolute Gasteiger partial charge is 0.494 e. The summed E-state index contributed by atoms with van der Waals surface area (Å²) in [4.78, 5) is 0. The lowest BCUT2D eigenvalue weighted by atomic mass is 9.74. The molecule has 0 amide bonds. The molecule has 2 aliphatic rings. The standard InChI is InChI=1S/C26H20F6N2O6/c1-23-17-18(22(38)34(21(17)37)14-5-2-12(11-33)16(10-14)26(30,31)32)24(40-23,20(36)19(23)35)8-9-39-15-6-3-13(4-7-15)25(27,28)29/h2-7,10,19-20,35-38H,8-9H2,1H3/t19-,20+,23+,24-/m0/s1. The molecule has 40 heavy (non-hydrogen) atoms. The van der Waals surface area contributed by atoms with Crippen molar-refractivity contribution in [3.63, 3.8) is 0 Å². The van der Waals surface area contributed by atoms with Crippen LogP contribution in [0, 0.1) is 11.3 Å². The van der Waals surface area contributed by atoms with E-state index < -0.39 is 64.2 Å². The van der Waals surface area contributed by atoms with Crippen molar-refractivity contribution in [2.24, 2.45) is 0 Å². The summed E-state index contributed by atoms with van der Waals surface area (Å²) in [6.45, 7) is 1.01. The Balaban J connectivity index is 1.53. The summed E-state index contributed by atoms with van der Waals surface area (Å²) in [5.74, 6) is -1.50. The van der Waals surface area contributed by atoms with Crippen LogP contribution in [0.5, 0.6) is 17.5 Å². The van der Waals surface area contributed by atoms with Crippen LogP contribution in [0.4, 0.5) is 26.3 Å². The van der Waals surface area contributed by atoms with Crippen LogP contribution < -0.4 is 4.74 Å². The van der Waals surface area contributed by atoms with Gasteiger partial charge in [0.15, 0.2) is 0 Å². The van der Waals surface area contributed by atoms with E-state index in [1.165, 1.54) is 13.0 Å². The van der Waals surface area contributed by atoms with E-state index in [0.29, 0.717) is 10.6 Å². The second-order valence-corrected chi connectivity index (χ2v) is 9.68. The van der Waals surface area contributed by atoms with E-state index >= 15 is 0 Å². The first kappa shape index (κ1) is 27.6. The summed E-state index contributed by atoms with van der Waals surface area (Å²) in [5, 5.41) is 53.0. The molecule has 2 aliphatic heterocycles. The highest BCUT2D eigenvalue weighted by molar-refractivity contribution is 5.63. The molecule has 1 aromatic heterocycles. The van der Waals surface area contributed by atoms with Gasteiger partial charge in [-0.15, -0.1) is 0 Å². The number of hydrogen-bond acceptors (Lipinski definition) is 7. The molecule has 1 fully saturated rings. The summed E-state index contributed by atoms with van der Waals surface area (Å²) in [6.07, 6.45) is -13.1. The first-order chi connectivity index (χ1) is 18.6. The number of alkyl halides is 6. The van der Waals surface area contributed by atoms with Crippen LogP contribution in [0.1, 0.15) is 41.2 Å². The fraction of sp³-hybridized carbons (Fsp3) is 0.346. The number of aliphatic hydroxyl groups excluding tert-OH is 2. The van der Waals surface area contributed by atoms with Gasteiger partial charge in [0.05, 0.1) is 46.2 Å². The van der Waals surface area contributed by atoms with Gasteiger partial charge in [-0.2, -0.15) is 31.6 Å². The minimum Gasteiger partial charge on any atom is -0.494 e. The van der Waals surface area contributed by atoms with Gasteiger partial charge in [0, 0.05) is 6.42 Å². The second kappa shape index (κ2) is 8.79. The van der Waals surface area contributed by atoms with Gasteiger partial charge in [0.1, 0.15) is 29.2 Å². The number of aromatic hydroxyl groups is 2. The van der Waals surface area contributed by atoms with Gasteiger partial charge in [0.25, 0.3) is 0 Å². The summed E-state index contributed by atoms with van der Waals surface area (Å²) in [6, 6.07) is 7.70. The van der Waals surface area contributed by atoms with Crippen LogP contribution in [0.15, 0.2) is 42.5 Å². The van der Waals surface area contributed by atoms with Gasteiger partial charge < -0.3 is 29.9 Å². The number of benzene rings is 2. The lowest BCUT2D eigenvalue weighted by Crippen LogP contribution is -2.46. The van der Waals surface area contributed by atoms with Gasteiger partial charge in [0.2, 0.25) is 11.8 Å². The molecule has 14 heteroatoms. The van der Waals surface area contributed by atoms with E-state index in [1.54, 1.807) is 0 Å². The van der Waals surface area contributed by atoms with Crippen molar-refractivity contribution in [1.29, 1.82) is 5.26 Å². The van der Waals surface area contributed by atoms with Crippen molar-refractivity contribution in [1.82, 2.24) is 4.57 Å². The molecule has 0 spiro atoms. The Morgan fingerprint density at radius 1 is 0.950 bits per heavy atom. The predicted molar refractivity (Wildman–Crippen MR) is 123 cm³/mol. The summed E-state index contributed by atoms with van der Waals surface area (Å²) in [5.41, 5.74) is -7.32. The SMILES string of the molecule is C[C@@]12O[C@@](CCOc3ccc(C(F)(F)F)cc3)(c3c1c(O)n(-c1ccc(C#N)c(C(F)(F)F)c1)c3O)[C@H](O)[C@@H]2O. The van der Waals surface area contributed by atoms with Crippen molar-refractivity contribution >= 4 is 0 Å². The number of halogens is 6. The second-order valence-electron chi connectivity index (χ2n) is 9.68. The maximum atomic E-state index is 13.6. The first-order valence-electron chi connectivity index (χ1n) is 11.7. The maximum Gasteiger partial charge on any atom is 0.417 e. The highest BCUT2D eigenvalue weighted by Crippen LogP contribution is 2.65. The number of ether oxygens (including phenoxy) is 2. The van der Waals surface area contributed by atoms with Gasteiger partial charge in [-0.05, 0) is 49.4 Å². The fourth-order valence-electron chi connectivity index (χ4n) is 5.50. The van der Waals surface area contributed by atoms with Crippen LogP contribution >= 0.6 is 0 Å². The van der Waals surface area contributed by atoms with Crippen molar-refractivity contribution in [2.45, 2.75) is 49.1 Å². The Kier molecular flexibility index (Phi) is 6.07. The Labute approximate surface area is 221 Å². The van der Waals surface area contributed by atoms with Crippen LogP contribution in [0.3, 0.4) is 0 Å². The fourth-order valence-corrected chi connectivity index (χ4v) is 5.50. The average molecular weight is 570 g/mol. The Morgan fingerprint density at radius 3 is 2.15 bits per heavy atom. The van der Waals surface area contributed by atoms with Crippen molar-refractivity contribution < 1.29 is 56.2 Å². The number of fused-ring (bicyclic) bond motifs is 5. The van der Waals surface area contributed by atoms with Gasteiger partial charge in [-0.25, -0.2) is 0 Å². The molecule has 3 aromatic rings. The normalized spacial score (nSPS) is 25.6. The van der Waals surface area contributed by atoms with Crippen LogP contribution in [-0.4, -0.2) is 43.8 Å². The zero-order valence-corrected chi connectivity index (χ0v) is 20.4. The molecule has 0 saturated carbocycles. The minimum absolute atomic E-state index is 0.0420. The van der Waals surface area contributed by atoms with Gasteiger partial charge in [-0.3, -0.25) is 4.57 Å². The number of aliphatic hydroxyl groups is 2. The maximum absolute atomic E-state index is 13.6. The van der Waals surface area contributed by atoms with Crippen LogP contribution in [0.25, 0.3) is 5.69 Å². The zero-order chi connectivity index (χ0) is 29.4. The molecule has 4 atom stereocenters. The lowest BCUT2D eigenvalue weighted by Gasteiger charge is -2.32. The van der Waals surface area contributed by atoms with E-state index in [1.807, 2.05) is 0 Å². The van der Waals surface area contributed by atoms with Gasteiger partial charge in [-0.1, -0.05) is 0 Å². The molecule has 2 bridgehead atoms.